The summed E-state index contributed by atoms with van der Waals surface area (Å²) in [7, 11) is 0. The van der Waals surface area contributed by atoms with Crippen LogP contribution in [0.3, 0.4) is 0 Å². The summed E-state index contributed by atoms with van der Waals surface area (Å²) in [5, 5.41) is 3.89. The predicted octanol–water partition coefficient (Wildman–Crippen LogP) is 1.68. The number of carbonyl (C=O) groups is 2. The Morgan fingerprint density at radius 3 is 2.76 bits per heavy atom. The molecule has 1 aromatic heterocycles. The lowest BCUT2D eigenvalue weighted by Crippen LogP contribution is -2.25. The van der Waals surface area contributed by atoms with Crippen molar-refractivity contribution in [2.45, 2.75) is 32.4 Å². The molecule has 1 aliphatic rings. The fraction of sp³-hybridized carbons (Fsp3) is 0.545. The minimum Gasteiger partial charge on any atom is -0.338 e. The second-order valence-electron chi connectivity index (χ2n) is 4.14. The quantitative estimate of drug-likeness (QED) is 0.803. The summed E-state index contributed by atoms with van der Waals surface area (Å²) >= 11 is 1.21. The van der Waals surface area contributed by atoms with Crippen molar-refractivity contribution in [3.63, 3.8) is 0 Å². The summed E-state index contributed by atoms with van der Waals surface area (Å²) in [6, 6.07) is 0. The zero-order valence-electron chi connectivity index (χ0n) is 10.0. The number of amides is 1. The fourth-order valence-electron chi connectivity index (χ4n) is 1.84. The first kappa shape index (κ1) is 12.2. The highest BCUT2D eigenvalue weighted by Gasteiger charge is 2.34. The SMILES string of the molecule is CC(=O)SC1CC(=O)N(c2onc(C)c2C)C1. The van der Waals surface area contributed by atoms with E-state index in [0.717, 1.165) is 11.3 Å². The Balaban J connectivity index is 2.16. The van der Waals surface area contributed by atoms with Crippen LogP contribution >= 0.6 is 11.8 Å². The monoisotopic (exact) mass is 254 g/mol. The number of hydrogen-bond acceptors (Lipinski definition) is 5. The zero-order chi connectivity index (χ0) is 12.6. The number of hydrogen-bond donors (Lipinski definition) is 0. The Labute approximate surface area is 104 Å². The van der Waals surface area contributed by atoms with Crippen LogP contribution in [0.5, 0.6) is 0 Å². The molecular formula is C11H14N2O3S. The smallest absolute Gasteiger partial charge is 0.237 e. The molecule has 1 unspecified atom stereocenters. The average molecular weight is 254 g/mol. The van der Waals surface area contributed by atoms with Gasteiger partial charge in [-0.15, -0.1) is 0 Å². The third-order valence-electron chi connectivity index (χ3n) is 2.80. The van der Waals surface area contributed by atoms with Crippen molar-refractivity contribution in [1.82, 2.24) is 5.16 Å². The van der Waals surface area contributed by atoms with Crippen molar-refractivity contribution < 1.29 is 14.1 Å². The van der Waals surface area contributed by atoms with Gasteiger partial charge in [-0.25, -0.2) is 0 Å². The van der Waals surface area contributed by atoms with E-state index in [1.54, 1.807) is 4.90 Å². The van der Waals surface area contributed by atoms with Crippen molar-refractivity contribution in [3.8, 4) is 0 Å². The lowest BCUT2D eigenvalue weighted by atomic mass is 10.3. The van der Waals surface area contributed by atoms with Gasteiger partial charge in [0.2, 0.25) is 11.8 Å². The number of anilines is 1. The Morgan fingerprint density at radius 1 is 1.53 bits per heavy atom. The molecule has 0 radical (unpaired) electrons. The molecule has 0 saturated carbocycles. The number of thioether (sulfide) groups is 1. The lowest BCUT2D eigenvalue weighted by Gasteiger charge is -2.12. The van der Waals surface area contributed by atoms with Gasteiger partial charge in [0.1, 0.15) is 0 Å². The van der Waals surface area contributed by atoms with Gasteiger partial charge in [-0.2, -0.15) is 0 Å². The van der Waals surface area contributed by atoms with Gasteiger partial charge in [0.15, 0.2) is 5.12 Å². The molecular weight excluding hydrogens is 240 g/mol. The maximum atomic E-state index is 11.8. The summed E-state index contributed by atoms with van der Waals surface area (Å²) in [5.41, 5.74) is 1.67. The number of nitrogens with zero attached hydrogens (tertiary/aromatic N) is 2. The molecule has 2 heterocycles. The van der Waals surface area contributed by atoms with Crippen LogP contribution < -0.4 is 4.90 Å². The summed E-state index contributed by atoms with van der Waals surface area (Å²) in [5.74, 6) is 0.502. The fourth-order valence-corrected chi connectivity index (χ4v) is 2.76. The van der Waals surface area contributed by atoms with Gasteiger partial charge < -0.3 is 4.52 Å². The zero-order valence-corrected chi connectivity index (χ0v) is 10.8. The largest absolute Gasteiger partial charge is 0.338 e. The molecule has 2 rings (SSSR count). The van der Waals surface area contributed by atoms with E-state index in [4.69, 9.17) is 4.52 Å². The second-order valence-corrected chi connectivity index (χ2v) is 5.62. The Morgan fingerprint density at radius 2 is 2.24 bits per heavy atom. The van der Waals surface area contributed by atoms with Crippen molar-refractivity contribution >= 4 is 28.7 Å². The molecule has 1 aliphatic heterocycles. The molecule has 0 aromatic carbocycles. The first-order valence-corrected chi connectivity index (χ1v) is 6.27. The number of aromatic nitrogens is 1. The highest BCUT2D eigenvalue weighted by atomic mass is 32.2. The Kier molecular flexibility index (Phi) is 3.24. The van der Waals surface area contributed by atoms with E-state index < -0.39 is 0 Å². The van der Waals surface area contributed by atoms with Crippen LogP contribution in [0.4, 0.5) is 5.88 Å². The molecule has 0 aliphatic carbocycles. The van der Waals surface area contributed by atoms with E-state index >= 15 is 0 Å². The Hall–Kier alpha value is -1.30. The predicted molar refractivity (Wildman–Crippen MR) is 65.0 cm³/mol. The Bertz CT molecular complexity index is 469. The molecule has 0 N–H and O–H groups in total. The van der Waals surface area contributed by atoms with E-state index in [9.17, 15) is 9.59 Å². The first-order chi connectivity index (χ1) is 7.99. The summed E-state index contributed by atoms with van der Waals surface area (Å²) in [6.45, 7) is 5.74. The van der Waals surface area contributed by atoms with Crippen molar-refractivity contribution in [2.75, 3.05) is 11.4 Å². The molecule has 1 aromatic rings. The van der Waals surface area contributed by atoms with Gasteiger partial charge in [0.25, 0.3) is 0 Å². The van der Waals surface area contributed by atoms with Gasteiger partial charge in [-0.3, -0.25) is 14.5 Å². The molecule has 1 atom stereocenters. The van der Waals surface area contributed by atoms with E-state index in [1.165, 1.54) is 18.7 Å². The van der Waals surface area contributed by atoms with Crippen molar-refractivity contribution in [1.29, 1.82) is 0 Å². The first-order valence-electron chi connectivity index (χ1n) is 5.39. The number of aryl methyl sites for hydroxylation is 1. The molecule has 92 valence electrons. The molecule has 6 heteroatoms. The number of carbonyl (C=O) groups excluding carboxylic acids is 2. The summed E-state index contributed by atoms with van der Waals surface area (Å²) < 4.78 is 5.16. The van der Waals surface area contributed by atoms with Crippen LogP contribution in [0.25, 0.3) is 0 Å². The molecule has 5 nitrogen and oxygen atoms in total. The van der Waals surface area contributed by atoms with Crippen molar-refractivity contribution in [3.05, 3.63) is 11.3 Å². The second kappa shape index (κ2) is 4.52. The lowest BCUT2D eigenvalue weighted by molar-refractivity contribution is -0.117. The highest BCUT2D eigenvalue weighted by Crippen LogP contribution is 2.31. The standard InChI is InChI=1S/C11H14N2O3S/c1-6-7(2)12-16-11(6)13-5-9(4-10(13)15)17-8(3)14/h9H,4-5H2,1-3H3. The van der Waals surface area contributed by atoms with Gasteiger partial charge in [-0.1, -0.05) is 16.9 Å². The van der Waals surface area contributed by atoms with Gasteiger partial charge >= 0.3 is 0 Å². The highest BCUT2D eigenvalue weighted by molar-refractivity contribution is 8.14. The topological polar surface area (TPSA) is 63.4 Å². The third kappa shape index (κ3) is 2.36. The normalized spacial score (nSPS) is 20.1. The average Bonchev–Trinajstić information content (AvgIpc) is 2.72. The molecule has 1 saturated heterocycles. The van der Waals surface area contributed by atoms with Crippen LogP contribution in [0.1, 0.15) is 24.6 Å². The van der Waals surface area contributed by atoms with Crippen LogP contribution in [0.15, 0.2) is 4.52 Å². The maximum Gasteiger partial charge on any atom is 0.237 e. The van der Waals surface area contributed by atoms with E-state index in [1.807, 2.05) is 13.8 Å². The van der Waals surface area contributed by atoms with E-state index in [0.29, 0.717) is 18.8 Å². The van der Waals surface area contributed by atoms with Crippen molar-refractivity contribution in [2.24, 2.45) is 0 Å². The van der Waals surface area contributed by atoms with Crippen LogP contribution in [-0.2, 0) is 9.59 Å². The molecule has 0 bridgehead atoms. The van der Waals surface area contributed by atoms with Crippen LogP contribution in [0.2, 0.25) is 0 Å². The number of rotatable bonds is 2. The molecule has 0 spiro atoms. The van der Waals surface area contributed by atoms with Crippen LogP contribution in [-0.4, -0.2) is 28.0 Å². The van der Waals surface area contributed by atoms with E-state index in [2.05, 4.69) is 5.16 Å². The van der Waals surface area contributed by atoms with Gasteiger partial charge in [-0.05, 0) is 13.8 Å². The van der Waals surface area contributed by atoms with Gasteiger partial charge in [0.05, 0.1) is 5.69 Å². The molecule has 1 fully saturated rings. The maximum absolute atomic E-state index is 11.8. The minimum absolute atomic E-state index is 0.0111. The molecule has 1 amide bonds. The summed E-state index contributed by atoms with van der Waals surface area (Å²) in [4.78, 5) is 24.4. The summed E-state index contributed by atoms with van der Waals surface area (Å²) in [6.07, 6.45) is 0.378. The third-order valence-corrected chi connectivity index (χ3v) is 3.78. The van der Waals surface area contributed by atoms with Gasteiger partial charge in [0, 0.05) is 30.7 Å². The van der Waals surface area contributed by atoms with Crippen LogP contribution in [0, 0.1) is 13.8 Å². The molecule has 17 heavy (non-hydrogen) atoms. The van der Waals surface area contributed by atoms with E-state index in [-0.39, 0.29) is 16.3 Å². The minimum atomic E-state index is -0.0111.